The number of hydrogen-bond donors (Lipinski definition) is 2. The van der Waals surface area contributed by atoms with Gasteiger partial charge in [0.2, 0.25) is 0 Å². The first kappa shape index (κ1) is 20.1. The molecule has 0 radical (unpaired) electrons. The Hall–Kier alpha value is -3.19. The third kappa shape index (κ3) is 4.36. The molecule has 156 valence electrons. The molecule has 7 heteroatoms. The molecule has 3 aromatic rings. The Morgan fingerprint density at radius 2 is 1.87 bits per heavy atom. The highest BCUT2D eigenvalue weighted by Gasteiger charge is 2.32. The Morgan fingerprint density at radius 3 is 2.57 bits per heavy atom. The van der Waals surface area contributed by atoms with Crippen LogP contribution in [0.2, 0.25) is 0 Å². The lowest BCUT2D eigenvalue weighted by atomic mass is 9.97. The number of benzene rings is 2. The van der Waals surface area contributed by atoms with Crippen molar-refractivity contribution in [2.75, 3.05) is 6.54 Å². The molecule has 0 bridgehead atoms. The van der Waals surface area contributed by atoms with Crippen LogP contribution in [0.3, 0.4) is 0 Å². The summed E-state index contributed by atoms with van der Waals surface area (Å²) >= 11 is 0. The van der Waals surface area contributed by atoms with E-state index < -0.39 is 5.41 Å². The number of hydrogen-bond acceptors (Lipinski definition) is 5. The van der Waals surface area contributed by atoms with Gasteiger partial charge in [0.15, 0.2) is 6.23 Å². The molecule has 30 heavy (non-hydrogen) atoms. The molecule has 0 saturated carbocycles. The SMILES string of the molecule is CC(C)(C)C(=O)OC1C[C@@H](NC(=O)c2ccc(-n3cc4ccccc4n3)cc2)CN1. The van der Waals surface area contributed by atoms with Gasteiger partial charge in [-0.1, -0.05) is 18.2 Å². The molecule has 4 rings (SSSR count). The zero-order chi connectivity index (χ0) is 21.3. The number of nitrogens with one attached hydrogen (secondary N) is 2. The number of ether oxygens (including phenoxy) is 1. The van der Waals surface area contributed by atoms with Crippen molar-refractivity contribution in [3.8, 4) is 5.69 Å². The molecule has 0 aliphatic carbocycles. The maximum absolute atomic E-state index is 12.6. The Bertz CT molecular complexity index is 1030. The third-order valence-electron chi connectivity index (χ3n) is 5.10. The second kappa shape index (κ2) is 7.91. The Morgan fingerprint density at radius 1 is 1.13 bits per heavy atom. The van der Waals surface area contributed by atoms with Gasteiger partial charge in [0, 0.05) is 36.2 Å². The second-order valence-corrected chi connectivity index (χ2v) is 8.64. The lowest BCUT2D eigenvalue weighted by Crippen LogP contribution is -2.36. The smallest absolute Gasteiger partial charge is 0.312 e. The Balaban J connectivity index is 1.36. The first-order valence-corrected chi connectivity index (χ1v) is 10.1. The van der Waals surface area contributed by atoms with Gasteiger partial charge in [0.05, 0.1) is 16.6 Å². The van der Waals surface area contributed by atoms with Crippen molar-refractivity contribution in [3.05, 3.63) is 60.3 Å². The van der Waals surface area contributed by atoms with E-state index in [1.165, 1.54) is 0 Å². The maximum atomic E-state index is 12.6. The number of esters is 1. The predicted molar refractivity (Wildman–Crippen MR) is 114 cm³/mol. The zero-order valence-corrected chi connectivity index (χ0v) is 17.4. The molecule has 2 N–H and O–H groups in total. The number of aromatic nitrogens is 2. The van der Waals surface area contributed by atoms with E-state index in [1.807, 2.05) is 63.4 Å². The van der Waals surface area contributed by atoms with Crippen LogP contribution in [0.5, 0.6) is 0 Å². The van der Waals surface area contributed by atoms with Crippen molar-refractivity contribution >= 4 is 22.8 Å². The molecule has 1 aliphatic rings. The van der Waals surface area contributed by atoms with Gasteiger partial charge in [-0.2, -0.15) is 5.10 Å². The van der Waals surface area contributed by atoms with Crippen LogP contribution in [0.15, 0.2) is 54.7 Å². The summed E-state index contributed by atoms with van der Waals surface area (Å²) in [5, 5.41) is 11.8. The van der Waals surface area contributed by atoms with Gasteiger partial charge in [-0.05, 0) is 51.1 Å². The monoisotopic (exact) mass is 406 g/mol. The van der Waals surface area contributed by atoms with E-state index in [0.717, 1.165) is 16.6 Å². The van der Waals surface area contributed by atoms with Crippen LogP contribution < -0.4 is 10.6 Å². The molecular weight excluding hydrogens is 380 g/mol. The van der Waals surface area contributed by atoms with Crippen molar-refractivity contribution in [2.24, 2.45) is 5.41 Å². The molecule has 2 heterocycles. The first-order chi connectivity index (χ1) is 14.3. The molecule has 2 aromatic carbocycles. The van der Waals surface area contributed by atoms with Gasteiger partial charge in [-0.3, -0.25) is 14.9 Å². The van der Waals surface area contributed by atoms with Crippen LogP contribution in [0, 0.1) is 5.41 Å². The summed E-state index contributed by atoms with van der Waals surface area (Å²) in [5.74, 6) is -0.407. The minimum absolute atomic E-state index is 0.0913. The molecule has 1 aromatic heterocycles. The highest BCUT2D eigenvalue weighted by molar-refractivity contribution is 5.94. The second-order valence-electron chi connectivity index (χ2n) is 8.64. The van der Waals surface area contributed by atoms with E-state index in [0.29, 0.717) is 18.5 Å². The molecular formula is C23H26N4O3. The number of amides is 1. The molecule has 7 nitrogen and oxygen atoms in total. The van der Waals surface area contributed by atoms with Gasteiger partial charge in [-0.25, -0.2) is 4.68 Å². The summed E-state index contributed by atoms with van der Waals surface area (Å²) in [4.78, 5) is 24.6. The number of rotatable bonds is 4. The average Bonchev–Trinajstić information content (AvgIpc) is 3.34. The van der Waals surface area contributed by atoms with E-state index in [2.05, 4.69) is 15.7 Å². The lowest BCUT2D eigenvalue weighted by molar-refractivity contribution is -0.159. The Labute approximate surface area is 175 Å². The van der Waals surface area contributed by atoms with Crippen LogP contribution >= 0.6 is 0 Å². The zero-order valence-electron chi connectivity index (χ0n) is 17.4. The number of carbonyl (C=O) groups is 2. The largest absolute Gasteiger partial charge is 0.446 e. The van der Waals surface area contributed by atoms with Crippen LogP contribution in [0.1, 0.15) is 37.6 Å². The fraction of sp³-hybridized carbons (Fsp3) is 0.348. The molecule has 2 atom stereocenters. The van der Waals surface area contributed by atoms with Gasteiger partial charge in [0.1, 0.15) is 0 Å². The van der Waals surface area contributed by atoms with Gasteiger partial charge in [-0.15, -0.1) is 0 Å². The normalized spacial score (nSPS) is 19.0. The van der Waals surface area contributed by atoms with Gasteiger partial charge >= 0.3 is 5.97 Å². The minimum atomic E-state index is -0.550. The van der Waals surface area contributed by atoms with Crippen LogP contribution in [-0.4, -0.2) is 40.5 Å². The predicted octanol–water partition coefficient (Wildman–Crippen LogP) is 3.03. The summed E-state index contributed by atoms with van der Waals surface area (Å²) in [7, 11) is 0. The van der Waals surface area contributed by atoms with Crippen molar-refractivity contribution in [1.29, 1.82) is 0 Å². The van der Waals surface area contributed by atoms with Gasteiger partial charge in [0.25, 0.3) is 5.91 Å². The van der Waals surface area contributed by atoms with Crippen molar-refractivity contribution < 1.29 is 14.3 Å². The minimum Gasteiger partial charge on any atom is -0.446 e. The average molecular weight is 406 g/mol. The fourth-order valence-electron chi connectivity index (χ4n) is 3.34. The van der Waals surface area contributed by atoms with E-state index in [1.54, 1.807) is 16.8 Å². The van der Waals surface area contributed by atoms with E-state index in [9.17, 15) is 9.59 Å². The van der Waals surface area contributed by atoms with Crippen molar-refractivity contribution in [2.45, 2.75) is 39.5 Å². The fourth-order valence-corrected chi connectivity index (χ4v) is 3.34. The summed E-state index contributed by atoms with van der Waals surface area (Å²) in [5.41, 5.74) is 1.84. The van der Waals surface area contributed by atoms with E-state index in [-0.39, 0.29) is 24.1 Å². The van der Waals surface area contributed by atoms with Crippen LogP contribution in [0.4, 0.5) is 0 Å². The number of carbonyl (C=O) groups excluding carboxylic acids is 2. The molecule has 1 amide bonds. The van der Waals surface area contributed by atoms with Crippen molar-refractivity contribution in [3.63, 3.8) is 0 Å². The lowest BCUT2D eigenvalue weighted by Gasteiger charge is -2.20. The topological polar surface area (TPSA) is 85.2 Å². The van der Waals surface area contributed by atoms with Crippen LogP contribution in [0.25, 0.3) is 16.6 Å². The summed E-state index contributed by atoms with van der Waals surface area (Å²) in [6.07, 6.45) is 2.14. The number of nitrogens with zero attached hydrogens (tertiary/aromatic N) is 2. The first-order valence-electron chi connectivity index (χ1n) is 10.1. The standard InChI is InChI=1S/C23H26N4O3/c1-23(2,3)22(29)30-20-12-17(13-24-20)25-21(28)15-8-10-18(11-9-15)27-14-16-6-4-5-7-19(16)26-27/h4-11,14,17,20,24H,12-13H2,1-3H3,(H,25,28)/t17-,20?/m1/s1. The third-order valence-corrected chi connectivity index (χ3v) is 5.10. The molecule has 1 saturated heterocycles. The summed E-state index contributed by atoms with van der Waals surface area (Å²) in [6, 6.07) is 15.2. The van der Waals surface area contributed by atoms with Gasteiger partial charge < -0.3 is 10.1 Å². The summed E-state index contributed by atoms with van der Waals surface area (Å²) < 4.78 is 7.28. The highest BCUT2D eigenvalue weighted by Crippen LogP contribution is 2.19. The maximum Gasteiger partial charge on any atom is 0.312 e. The van der Waals surface area contributed by atoms with E-state index in [4.69, 9.17) is 4.74 Å². The number of fused-ring (bicyclic) bond motifs is 1. The molecule has 0 spiro atoms. The molecule has 1 aliphatic heterocycles. The van der Waals surface area contributed by atoms with E-state index >= 15 is 0 Å². The molecule has 1 unspecified atom stereocenters. The highest BCUT2D eigenvalue weighted by atomic mass is 16.6. The molecule has 1 fully saturated rings. The van der Waals surface area contributed by atoms with Crippen molar-refractivity contribution in [1.82, 2.24) is 20.4 Å². The summed E-state index contributed by atoms with van der Waals surface area (Å²) in [6.45, 7) is 6.02. The van der Waals surface area contributed by atoms with Crippen LogP contribution in [-0.2, 0) is 9.53 Å². The quantitative estimate of drug-likeness (QED) is 0.651. The Kier molecular flexibility index (Phi) is 5.30.